The van der Waals surface area contributed by atoms with E-state index < -0.39 is 6.10 Å². The van der Waals surface area contributed by atoms with Crippen LogP contribution in [0.2, 0.25) is 0 Å². The Morgan fingerprint density at radius 2 is 2.05 bits per heavy atom. The highest BCUT2D eigenvalue weighted by molar-refractivity contribution is 9.10. The Hall–Kier alpha value is -0.980. The Balaban J connectivity index is 2.61. The molecule has 1 aromatic carbocycles. The van der Waals surface area contributed by atoms with Gasteiger partial charge in [0, 0.05) is 29.2 Å². The van der Waals surface area contributed by atoms with Gasteiger partial charge in [-0.25, -0.2) is 0 Å². The molecule has 5 nitrogen and oxygen atoms in total. The summed E-state index contributed by atoms with van der Waals surface area (Å²) >= 11 is 3.31. The van der Waals surface area contributed by atoms with E-state index in [1.807, 2.05) is 0 Å². The highest BCUT2D eigenvalue weighted by Crippen LogP contribution is 2.23. The van der Waals surface area contributed by atoms with Crippen molar-refractivity contribution in [2.75, 3.05) is 6.54 Å². The van der Waals surface area contributed by atoms with Crippen molar-refractivity contribution in [1.29, 1.82) is 0 Å². The van der Waals surface area contributed by atoms with E-state index in [1.54, 1.807) is 12.1 Å². The van der Waals surface area contributed by atoms with Gasteiger partial charge in [-0.2, -0.15) is 0 Å². The van der Waals surface area contributed by atoms with E-state index in [0.29, 0.717) is 18.7 Å². The van der Waals surface area contributed by atoms with Crippen LogP contribution in [0.3, 0.4) is 0 Å². The predicted octanol–water partition coefficient (Wildman–Crippen LogP) is 3.24. The van der Waals surface area contributed by atoms with Gasteiger partial charge >= 0.3 is 0 Å². The van der Waals surface area contributed by atoms with Crippen LogP contribution in [-0.2, 0) is 6.54 Å². The van der Waals surface area contributed by atoms with Crippen LogP contribution in [0.1, 0.15) is 32.3 Å². The zero-order valence-corrected chi connectivity index (χ0v) is 13.4. The highest BCUT2D eigenvalue weighted by Gasteiger charge is 2.17. The molecule has 0 radical (unpaired) electrons. The van der Waals surface area contributed by atoms with E-state index in [2.05, 4.69) is 35.1 Å². The molecule has 6 heteroatoms. The molecule has 1 unspecified atom stereocenters. The van der Waals surface area contributed by atoms with Crippen LogP contribution < -0.4 is 5.32 Å². The molecule has 0 aliphatic heterocycles. The van der Waals surface area contributed by atoms with Gasteiger partial charge in [-0.15, -0.1) is 0 Å². The van der Waals surface area contributed by atoms with Gasteiger partial charge in [0.1, 0.15) is 0 Å². The zero-order valence-electron chi connectivity index (χ0n) is 11.8. The van der Waals surface area contributed by atoms with E-state index in [9.17, 15) is 15.2 Å². The Labute approximate surface area is 127 Å². The lowest BCUT2D eigenvalue weighted by Gasteiger charge is -2.20. The summed E-state index contributed by atoms with van der Waals surface area (Å²) in [7, 11) is 0. The number of hydrogen-bond donors (Lipinski definition) is 2. The number of aliphatic hydroxyl groups excluding tert-OH is 1. The van der Waals surface area contributed by atoms with Gasteiger partial charge in [-0.3, -0.25) is 10.1 Å². The molecule has 0 aromatic heterocycles. The van der Waals surface area contributed by atoms with Crippen LogP contribution in [0.5, 0.6) is 0 Å². The van der Waals surface area contributed by atoms with Crippen molar-refractivity contribution in [2.45, 2.75) is 39.3 Å². The lowest BCUT2D eigenvalue weighted by atomic mass is 9.96. The van der Waals surface area contributed by atoms with Crippen LogP contribution in [0, 0.1) is 16.0 Å². The molecule has 0 saturated heterocycles. The molecule has 1 atom stereocenters. The number of aliphatic hydroxyl groups is 1. The summed E-state index contributed by atoms with van der Waals surface area (Å²) < 4.78 is 0.806. The Morgan fingerprint density at radius 3 is 2.60 bits per heavy atom. The smallest absolute Gasteiger partial charge is 0.273 e. The quantitative estimate of drug-likeness (QED) is 0.560. The first-order valence-electron chi connectivity index (χ1n) is 6.81. The van der Waals surface area contributed by atoms with E-state index in [-0.39, 0.29) is 16.5 Å². The van der Waals surface area contributed by atoms with Crippen molar-refractivity contribution in [3.63, 3.8) is 0 Å². The van der Waals surface area contributed by atoms with Gasteiger partial charge in [0.15, 0.2) is 0 Å². The minimum Gasteiger partial charge on any atom is -0.392 e. The lowest BCUT2D eigenvalue weighted by molar-refractivity contribution is -0.385. The Kier molecular flexibility index (Phi) is 7.12. The molecule has 0 fully saturated rings. The van der Waals surface area contributed by atoms with E-state index in [4.69, 9.17) is 0 Å². The fraction of sp³-hybridized carbons (Fsp3) is 0.571. The van der Waals surface area contributed by atoms with Gasteiger partial charge in [0.05, 0.1) is 11.0 Å². The van der Waals surface area contributed by atoms with Gasteiger partial charge < -0.3 is 10.4 Å². The van der Waals surface area contributed by atoms with Crippen molar-refractivity contribution in [3.05, 3.63) is 38.3 Å². The molecule has 0 spiro atoms. The maximum atomic E-state index is 10.9. The van der Waals surface area contributed by atoms with Gasteiger partial charge in [-0.1, -0.05) is 42.6 Å². The van der Waals surface area contributed by atoms with E-state index in [1.165, 1.54) is 6.07 Å². The summed E-state index contributed by atoms with van der Waals surface area (Å²) in [6.07, 6.45) is 1.43. The average Bonchev–Trinajstić information content (AvgIpc) is 2.39. The first-order valence-corrected chi connectivity index (χ1v) is 7.60. The third-order valence-corrected chi connectivity index (χ3v) is 3.99. The fourth-order valence-corrected chi connectivity index (χ4v) is 2.64. The third kappa shape index (κ3) is 4.85. The zero-order chi connectivity index (χ0) is 15.1. The first-order chi connectivity index (χ1) is 9.49. The molecule has 0 aliphatic carbocycles. The molecule has 1 rings (SSSR count). The molecule has 0 heterocycles. The normalized spacial score (nSPS) is 12.7. The van der Waals surface area contributed by atoms with Crippen LogP contribution >= 0.6 is 15.9 Å². The summed E-state index contributed by atoms with van der Waals surface area (Å²) in [4.78, 5) is 10.6. The minimum absolute atomic E-state index is 0.0951. The van der Waals surface area contributed by atoms with Crippen LogP contribution in [0.4, 0.5) is 5.69 Å². The van der Waals surface area contributed by atoms with Crippen molar-refractivity contribution >= 4 is 21.6 Å². The number of nitrogens with one attached hydrogen (secondary N) is 1. The minimum atomic E-state index is -0.420. The lowest BCUT2D eigenvalue weighted by Crippen LogP contribution is -2.32. The predicted molar refractivity (Wildman–Crippen MR) is 82.6 cm³/mol. The molecule has 0 aliphatic rings. The fourth-order valence-electron chi connectivity index (χ4n) is 2.23. The topological polar surface area (TPSA) is 75.4 Å². The van der Waals surface area contributed by atoms with Crippen LogP contribution in [0.15, 0.2) is 22.7 Å². The van der Waals surface area contributed by atoms with Gasteiger partial charge in [0.25, 0.3) is 5.69 Å². The summed E-state index contributed by atoms with van der Waals surface area (Å²) in [6.45, 7) is 4.91. The Morgan fingerprint density at radius 1 is 1.40 bits per heavy atom. The number of hydrogen-bond acceptors (Lipinski definition) is 4. The molecule has 0 saturated carbocycles. The molecular weight excluding hydrogens is 324 g/mol. The standard InChI is InChI=1S/C14H21BrN2O3/c1-3-10(4-2)14(18)9-16-8-11-7-12(15)5-6-13(11)17(19)20/h5-7,10,14,16,18H,3-4,8-9H2,1-2H3. The number of halogens is 1. The van der Waals surface area contributed by atoms with Crippen molar-refractivity contribution in [3.8, 4) is 0 Å². The average molecular weight is 345 g/mol. The second kappa shape index (κ2) is 8.34. The summed E-state index contributed by atoms with van der Waals surface area (Å²) in [6, 6.07) is 4.87. The molecule has 0 bridgehead atoms. The summed E-state index contributed by atoms with van der Waals surface area (Å²) in [5.41, 5.74) is 0.707. The summed E-state index contributed by atoms with van der Waals surface area (Å²) in [5, 5.41) is 24.1. The molecule has 2 N–H and O–H groups in total. The first kappa shape index (κ1) is 17.1. The molecule has 1 aromatic rings. The maximum absolute atomic E-state index is 10.9. The van der Waals surface area contributed by atoms with Crippen molar-refractivity contribution in [2.24, 2.45) is 5.92 Å². The maximum Gasteiger partial charge on any atom is 0.273 e. The second-order valence-corrected chi connectivity index (χ2v) is 5.72. The SMILES string of the molecule is CCC(CC)C(O)CNCc1cc(Br)ccc1[N+](=O)[O-]. The van der Waals surface area contributed by atoms with Crippen LogP contribution in [-0.4, -0.2) is 22.7 Å². The highest BCUT2D eigenvalue weighted by atomic mass is 79.9. The molecule has 20 heavy (non-hydrogen) atoms. The summed E-state index contributed by atoms with van der Waals surface area (Å²) in [5.74, 6) is 0.264. The van der Waals surface area contributed by atoms with Crippen molar-refractivity contribution < 1.29 is 10.0 Å². The molecule has 0 amide bonds. The number of nitro benzene ring substituents is 1. The Bertz CT molecular complexity index is 450. The largest absolute Gasteiger partial charge is 0.392 e. The van der Waals surface area contributed by atoms with Crippen molar-refractivity contribution in [1.82, 2.24) is 5.32 Å². The monoisotopic (exact) mass is 344 g/mol. The van der Waals surface area contributed by atoms with E-state index in [0.717, 1.165) is 17.3 Å². The number of nitrogens with zero attached hydrogens (tertiary/aromatic N) is 1. The molecule has 112 valence electrons. The van der Waals surface area contributed by atoms with Gasteiger partial charge in [-0.05, 0) is 18.1 Å². The third-order valence-electron chi connectivity index (χ3n) is 3.50. The number of nitro groups is 1. The molecular formula is C14H21BrN2O3. The van der Waals surface area contributed by atoms with Crippen LogP contribution in [0.25, 0.3) is 0 Å². The number of rotatable bonds is 8. The van der Waals surface area contributed by atoms with Gasteiger partial charge in [0.2, 0.25) is 0 Å². The van der Waals surface area contributed by atoms with E-state index >= 15 is 0 Å². The second-order valence-electron chi connectivity index (χ2n) is 4.80. The number of benzene rings is 1.